The van der Waals surface area contributed by atoms with Crippen LogP contribution in [0.25, 0.3) is 21.5 Å². The van der Waals surface area contributed by atoms with Gasteiger partial charge in [-0.1, -0.05) is 13.0 Å². The molecule has 4 heteroatoms. The summed E-state index contributed by atoms with van der Waals surface area (Å²) in [4.78, 5) is 16.9. The highest BCUT2D eigenvalue weighted by molar-refractivity contribution is 7.15. The summed E-state index contributed by atoms with van der Waals surface area (Å²) in [7, 11) is 0. The number of fused-ring (bicyclic) bond motifs is 1. The van der Waals surface area contributed by atoms with Gasteiger partial charge in [0.25, 0.3) is 0 Å². The summed E-state index contributed by atoms with van der Waals surface area (Å²) >= 11 is 1.63. The lowest BCUT2D eigenvalue weighted by Crippen LogP contribution is -1.84. The van der Waals surface area contributed by atoms with Crippen molar-refractivity contribution in [3.63, 3.8) is 0 Å². The zero-order valence-corrected chi connectivity index (χ0v) is 12.1. The minimum atomic E-state index is -0.359. The second-order valence-corrected chi connectivity index (χ2v) is 5.93. The van der Waals surface area contributed by atoms with Crippen LogP contribution >= 0.6 is 11.3 Å². The molecule has 0 unspecified atom stereocenters. The van der Waals surface area contributed by atoms with Crippen LogP contribution in [0.1, 0.15) is 27.7 Å². The third kappa shape index (κ3) is 1.88. The predicted molar refractivity (Wildman–Crippen MR) is 81.1 cm³/mol. The van der Waals surface area contributed by atoms with Gasteiger partial charge < -0.3 is 4.98 Å². The van der Waals surface area contributed by atoms with Gasteiger partial charge >= 0.3 is 0 Å². The number of carbonyl (C=O) groups excluding carboxylic acids is 1. The van der Waals surface area contributed by atoms with Gasteiger partial charge in [-0.25, -0.2) is 4.39 Å². The summed E-state index contributed by atoms with van der Waals surface area (Å²) in [5, 5.41) is 0.390. The van der Waals surface area contributed by atoms with Crippen molar-refractivity contribution in [2.45, 2.75) is 20.3 Å². The van der Waals surface area contributed by atoms with Crippen molar-refractivity contribution in [3.8, 4) is 10.6 Å². The normalized spacial score (nSPS) is 11.2. The molecule has 1 N–H and O–H groups in total. The molecule has 2 heterocycles. The smallest absolute Gasteiger partial charge is 0.152 e. The lowest BCUT2D eigenvalue weighted by molar-refractivity contribution is 0.112. The minimum Gasteiger partial charge on any atom is -0.353 e. The van der Waals surface area contributed by atoms with E-state index in [1.165, 1.54) is 10.9 Å². The number of carbonyl (C=O) groups is 1. The number of aromatic nitrogens is 1. The van der Waals surface area contributed by atoms with E-state index in [-0.39, 0.29) is 5.82 Å². The highest BCUT2D eigenvalue weighted by atomic mass is 32.1. The van der Waals surface area contributed by atoms with Crippen molar-refractivity contribution in [3.05, 3.63) is 46.1 Å². The van der Waals surface area contributed by atoms with E-state index < -0.39 is 0 Å². The Hall–Kier alpha value is -1.94. The molecule has 20 heavy (non-hydrogen) atoms. The van der Waals surface area contributed by atoms with Gasteiger partial charge in [0.2, 0.25) is 0 Å². The van der Waals surface area contributed by atoms with Gasteiger partial charge in [-0.05, 0) is 37.1 Å². The summed E-state index contributed by atoms with van der Waals surface area (Å²) in [6.07, 6.45) is 1.69. The molecule has 2 aromatic heterocycles. The van der Waals surface area contributed by atoms with E-state index in [1.54, 1.807) is 17.4 Å². The summed E-state index contributed by atoms with van der Waals surface area (Å²) in [5.74, 6) is -0.359. The number of benzene rings is 1. The number of halogens is 1. The van der Waals surface area contributed by atoms with Crippen LogP contribution < -0.4 is 0 Å². The van der Waals surface area contributed by atoms with Crippen LogP contribution in [-0.4, -0.2) is 11.3 Å². The van der Waals surface area contributed by atoms with Crippen molar-refractivity contribution in [2.75, 3.05) is 0 Å². The Morgan fingerprint density at radius 1 is 1.30 bits per heavy atom. The first-order valence-electron chi connectivity index (χ1n) is 6.50. The molecule has 0 atom stereocenters. The fraction of sp³-hybridized carbons (Fsp3) is 0.188. The lowest BCUT2D eigenvalue weighted by atomic mass is 10.1. The van der Waals surface area contributed by atoms with Gasteiger partial charge in [-0.2, -0.15) is 0 Å². The molecule has 1 aromatic carbocycles. The van der Waals surface area contributed by atoms with E-state index in [2.05, 4.69) is 11.9 Å². The SMILES string of the molecule is CCc1ccc(-c2[nH]c3c(C)ccc(F)c3c2C=O)s1. The van der Waals surface area contributed by atoms with E-state index in [4.69, 9.17) is 0 Å². The third-order valence-electron chi connectivity index (χ3n) is 3.53. The van der Waals surface area contributed by atoms with Crippen LogP contribution in [0.2, 0.25) is 0 Å². The number of aryl methyl sites for hydroxylation is 2. The predicted octanol–water partition coefficient (Wildman–Crippen LogP) is 4.72. The Balaban J connectivity index is 2.33. The summed E-state index contributed by atoms with van der Waals surface area (Å²) in [6.45, 7) is 3.99. The van der Waals surface area contributed by atoms with Crippen molar-refractivity contribution >= 4 is 28.5 Å². The van der Waals surface area contributed by atoms with Crippen LogP contribution in [0.4, 0.5) is 4.39 Å². The molecular formula is C16H14FNOS. The molecule has 0 amide bonds. The average molecular weight is 287 g/mol. The molecule has 0 fully saturated rings. The summed E-state index contributed by atoms with van der Waals surface area (Å²) in [5.41, 5.74) is 2.76. The van der Waals surface area contributed by atoms with Crippen molar-refractivity contribution in [2.24, 2.45) is 0 Å². The molecular weight excluding hydrogens is 273 g/mol. The highest BCUT2D eigenvalue weighted by Gasteiger charge is 2.18. The molecule has 2 nitrogen and oxygen atoms in total. The Kier molecular flexibility index (Phi) is 3.18. The molecule has 0 aliphatic heterocycles. The van der Waals surface area contributed by atoms with Gasteiger partial charge in [0.05, 0.1) is 21.7 Å². The van der Waals surface area contributed by atoms with Crippen LogP contribution in [-0.2, 0) is 6.42 Å². The quantitative estimate of drug-likeness (QED) is 0.695. The topological polar surface area (TPSA) is 32.9 Å². The van der Waals surface area contributed by atoms with E-state index in [9.17, 15) is 9.18 Å². The van der Waals surface area contributed by atoms with Crippen LogP contribution in [0.5, 0.6) is 0 Å². The first-order valence-corrected chi connectivity index (χ1v) is 7.32. The van der Waals surface area contributed by atoms with Crippen LogP contribution in [0.3, 0.4) is 0 Å². The van der Waals surface area contributed by atoms with Gasteiger partial charge in [0.1, 0.15) is 5.82 Å². The Labute approximate surface area is 120 Å². The van der Waals surface area contributed by atoms with Crippen molar-refractivity contribution < 1.29 is 9.18 Å². The zero-order chi connectivity index (χ0) is 14.3. The Morgan fingerprint density at radius 3 is 2.75 bits per heavy atom. The number of thiophene rings is 1. The molecule has 3 aromatic rings. The largest absolute Gasteiger partial charge is 0.353 e. The number of hydrogen-bond acceptors (Lipinski definition) is 2. The number of hydrogen-bond donors (Lipinski definition) is 1. The maximum absolute atomic E-state index is 14.0. The molecule has 0 saturated carbocycles. The number of H-pyrrole nitrogens is 1. The van der Waals surface area contributed by atoms with E-state index in [0.717, 1.165) is 23.1 Å². The summed E-state index contributed by atoms with van der Waals surface area (Å²) < 4.78 is 14.0. The molecule has 0 bridgehead atoms. The van der Waals surface area contributed by atoms with Gasteiger partial charge in [-0.3, -0.25) is 4.79 Å². The molecule has 0 saturated heterocycles. The number of nitrogens with one attached hydrogen (secondary N) is 1. The minimum absolute atomic E-state index is 0.359. The first kappa shape index (κ1) is 13.1. The van der Waals surface area contributed by atoms with Gasteiger partial charge in [0, 0.05) is 10.3 Å². The molecule has 0 spiro atoms. The first-order chi connectivity index (χ1) is 9.65. The second-order valence-electron chi connectivity index (χ2n) is 4.77. The number of aldehydes is 1. The number of aromatic amines is 1. The number of rotatable bonds is 3. The standard InChI is InChI=1S/C16H14FNOS/c1-3-10-5-7-13(20-10)16-11(8-19)14-12(17)6-4-9(2)15(14)18-16/h4-8,18H,3H2,1-2H3. The second kappa shape index (κ2) is 4.87. The monoisotopic (exact) mass is 287 g/mol. The van der Waals surface area contributed by atoms with E-state index in [1.807, 2.05) is 19.1 Å². The van der Waals surface area contributed by atoms with Crippen molar-refractivity contribution in [1.29, 1.82) is 0 Å². The highest BCUT2D eigenvalue weighted by Crippen LogP contribution is 2.35. The summed E-state index contributed by atoms with van der Waals surface area (Å²) in [6, 6.07) is 7.16. The maximum atomic E-state index is 14.0. The van der Waals surface area contributed by atoms with Crippen molar-refractivity contribution in [1.82, 2.24) is 4.98 Å². The van der Waals surface area contributed by atoms with E-state index >= 15 is 0 Å². The fourth-order valence-corrected chi connectivity index (χ4v) is 3.40. The molecule has 3 rings (SSSR count). The van der Waals surface area contributed by atoms with E-state index in [0.29, 0.717) is 22.2 Å². The molecule has 0 aliphatic rings. The van der Waals surface area contributed by atoms with Crippen LogP contribution in [0, 0.1) is 12.7 Å². The average Bonchev–Trinajstić information content (AvgIpc) is 3.06. The Morgan fingerprint density at radius 2 is 2.10 bits per heavy atom. The molecule has 0 radical (unpaired) electrons. The molecule has 0 aliphatic carbocycles. The third-order valence-corrected chi connectivity index (χ3v) is 4.77. The van der Waals surface area contributed by atoms with Crippen LogP contribution in [0.15, 0.2) is 24.3 Å². The fourth-order valence-electron chi connectivity index (χ4n) is 2.44. The maximum Gasteiger partial charge on any atom is 0.152 e. The van der Waals surface area contributed by atoms with Gasteiger partial charge in [-0.15, -0.1) is 11.3 Å². The Bertz CT molecular complexity index is 800. The van der Waals surface area contributed by atoms with Gasteiger partial charge in [0.15, 0.2) is 6.29 Å². The lowest BCUT2D eigenvalue weighted by Gasteiger charge is -1.97. The zero-order valence-electron chi connectivity index (χ0n) is 11.3. The molecule has 102 valence electrons.